The maximum Gasteiger partial charge on any atom is 0.164 e. The molecule has 2 N–H and O–H groups in total. The van der Waals surface area contributed by atoms with Crippen LogP contribution in [0.3, 0.4) is 0 Å². The summed E-state index contributed by atoms with van der Waals surface area (Å²) in [4.78, 5) is 0. The summed E-state index contributed by atoms with van der Waals surface area (Å²) in [5.41, 5.74) is 6.30. The Morgan fingerprint density at radius 3 is 2.26 bits per heavy atom. The summed E-state index contributed by atoms with van der Waals surface area (Å²) in [5.74, 6) is 0.235. The molecule has 0 saturated carbocycles. The van der Waals surface area contributed by atoms with Crippen LogP contribution in [0.1, 0.15) is 5.56 Å². The van der Waals surface area contributed by atoms with Gasteiger partial charge in [-0.25, -0.2) is 4.39 Å². The molecule has 2 rings (SSSR count). The van der Waals surface area contributed by atoms with Crippen LogP contribution in [0.25, 0.3) is 0 Å². The minimum absolute atomic E-state index is 0. The molecule has 0 aliphatic rings. The monoisotopic (exact) mass is 321 g/mol. The summed E-state index contributed by atoms with van der Waals surface area (Å²) >= 11 is 12.1. The van der Waals surface area contributed by atoms with Crippen molar-refractivity contribution in [1.82, 2.24) is 0 Å². The van der Waals surface area contributed by atoms with Crippen molar-refractivity contribution in [2.75, 3.05) is 0 Å². The van der Waals surface area contributed by atoms with E-state index in [0.717, 1.165) is 5.56 Å². The van der Waals surface area contributed by atoms with E-state index in [2.05, 4.69) is 0 Å². The van der Waals surface area contributed by atoms with Gasteiger partial charge in [0.1, 0.15) is 11.6 Å². The van der Waals surface area contributed by atoms with Crippen LogP contribution in [0.5, 0.6) is 11.5 Å². The molecule has 0 heterocycles. The lowest BCUT2D eigenvalue weighted by molar-refractivity contribution is 0.477. The van der Waals surface area contributed by atoms with Crippen LogP contribution in [-0.2, 0) is 6.54 Å². The first-order valence-corrected chi connectivity index (χ1v) is 5.97. The molecule has 0 radical (unpaired) electrons. The maximum absolute atomic E-state index is 13.0. The molecule has 102 valence electrons. The zero-order valence-corrected chi connectivity index (χ0v) is 12.0. The minimum Gasteiger partial charge on any atom is -0.454 e. The number of halogens is 4. The van der Waals surface area contributed by atoms with E-state index in [1.165, 1.54) is 12.1 Å². The number of rotatable bonds is 3. The quantitative estimate of drug-likeness (QED) is 0.880. The highest BCUT2D eigenvalue weighted by Crippen LogP contribution is 2.37. The number of hydrogen-bond acceptors (Lipinski definition) is 2. The zero-order valence-electron chi connectivity index (χ0n) is 9.70. The molecule has 0 spiro atoms. The molecule has 0 fully saturated rings. The van der Waals surface area contributed by atoms with Gasteiger partial charge >= 0.3 is 0 Å². The molecule has 0 unspecified atom stereocenters. The van der Waals surface area contributed by atoms with Gasteiger partial charge in [-0.1, -0.05) is 29.3 Å². The van der Waals surface area contributed by atoms with Crippen molar-refractivity contribution in [1.29, 1.82) is 0 Å². The predicted molar refractivity (Wildman–Crippen MR) is 78.1 cm³/mol. The molecule has 2 nitrogen and oxygen atoms in total. The van der Waals surface area contributed by atoms with E-state index in [9.17, 15) is 4.39 Å². The van der Waals surface area contributed by atoms with Gasteiger partial charge in [-0.15, -0.1) is 12.4 Å². The molecule has 0 amide bonds. The zero-order chi connectivity index (χ0) is 13.1. The van der Waals surface area contributed by atoms with Gasteiger partial charge < -0.3 is 10.5 Å². The summed E-state index contributed by atoms with van der Waals surface area (Å²) in [7, 11) is 0. The fourth-order valence-electron chi connectivity index (χ4n) is 1.48. The first-order valence-electron chi connectivity index (χ1n) is 5.21. The van der Waals surface area contributed by atoms with E-state index < -0.39 is 5.82 Å². The summed E-state index contributed by atoms with van der Waals surface area (Å²) in [6, 6.07) is 9.08. The average molecular weight is 323 g/mol. The summed E-state index contributed by atoms with van der Waals surface area (Å²) in [6.07, 6.45) is 0. The molecular weight excluding hydrogens is 312 g/mol. The van der Waals surface area contributed by atoms with E-state index >= 15 is 0 Å². The summed E-state index contributed by atoms with van der Waals surface area (Å²) in [5, 5.41) is 0.680. The van der Waals surface area contributed by atoms with Crippen LogP contribution in [-0.4, -0.2) is 0 Å². The number of ether oxygens (including phenoxy) is 1. The van der Waals surface area contributed by atoms with Gasteiger partial charge in [0.25, 0.3) is 0 Å². The van der Waals surface area contributed by atoms with Gasteiger partial charge in [0.2, 0.25) is 0 Å². The van der Waals surface area contributed by atoms with Crippen LogP contribution in [0.4, 0.5) is 4.39 Å². The van der Waals surface area contributed by atoms with Gasteiger partial charge in [-0.3, -0.25) is 0 Å². The van der Waals surface area contributed by atoms with Crippen LogP contribution >= 0.6 is 35.6 Å². The Hall–Kier alpha value is -1.00. The SMILES string of the molecule is Cl.NCc1cc(Cl)c(Oc2cccc(F)c2)c(Cl)c1. The van der Waals surface area contributed by atoms with Crippen molar-refractivity contribution >= 4 is 35.6 Å². The van der Waals surface area contributed by atoms with Crippen LogP contribution in [0.2, 0.25) is 10.0 Å². The fraction of sp³-hybridized carbons (Fsp3) is 0.0769. The molecule has 2 aromatic rings. The van der Waals surface area contributed by atoms with Crippen molar-refractivity contribution in [2.24, 2.45) is 5.73 Å². The van der Waals surface area contributed by atoms with Crippen LogP contribution < -0.4 is 10.5 Å². The largest absolute Gasteiger partial charge is 0.454 e. The fourth-order valence-corrected chi connectivity index (χ4v) is 2.09. The predicted octanol–water partition coefficient (Wildman–Crippen LogP) is 4.81. The smallest absolute Gasteiger partial charge is 0.164 e. The van der Waals surface area contributed by atoms with E-state index in [1.807, 2.05) is 0 Å². The highest BCUT2D eigenvalue weighted by atomic mass is 35.5. The molecule has 0 aliphatic heterocycles. The topological polar surface area (TPSA) is 35.2 Å². The standard InChI is InChI=1S/C13H10Cl2FNO.ClH/c14-11-4-8(7-17)5-12(15)13(11)18-10-3-1-2-9(16)6-10;/h1-6H,7,17H2;1H. The van der Waals surface area contributed by atoms with Gasteiger partial charge in [0, 0.05) is 12.6 Å². The molecule has 0 saturated heterocycles. The normalized spacial score (nSPS) is 9.89. The van der Waals surface area contributed by atoms with Gasteiger partial charge in [0.05, 0.1) is 10.0 Å². The third kappa shape index (κ3) is 3.98. The van der Waals surface area contributed by atoms with E-state index in [0.29, 0.717) is 28.1 Å². The molecule has 0 atom stereocenters. The Morgan fingerprint density at radius 2 is 1.74 bits per heavy atom. The first-order chi connectivity index (χ1) is 8.60. The van der Waals surface area contributed by atoms with Crippen molar-refractivity contribution in [3.8, 4) is 11.5 Å². The molecule has 0 aromatic heterocycles. The number of nitrogens with two attached hydrogens (primary N) is 1. The molecule has 2 aromatic carbocycles. The lowest BCUT2D eigenvalue weighted by Crippen LogP contribution is -1.97. The molecular formula is C13H11Cl3FNO. The first kappa shape index (κ1) is 16.1. The number of hydrogen-bond donors (Lipinski definition) is 1. The van der Waals surface area contributed by atoms with Gasteiger partial charge in [-0.05, 0) is 29.8 Å². The van der Waals surface area contributed by atoms with Crippen molar-refractivity contribution < 1.29 is 9.13 Å². The second-order valence-electron chi connectivity index (χ2n) is 3.65. The minimum atomic E-state index is -0.390. The second-order valence-corrected chi connectivity index (χ2v) is 4.47. The average Bonchev–Trinajstić information content (AvgIpc) is 2.33. The van der Waals surface area contributed by atoms with Crippen LogP contribution in [0.15, 0.2) is 36.4 Å². The Labute approximate surface area is 126 Å². The van der Waals surface area contributed by atoms with Gasteiger partial charge in [0.15, 0.2) is 5.75 Å². The molecule has 0 bridgehead atoms. The molecule has 19 heavy (non-hydrogen) atoms. The van der Waals surface area contributed by atoms with E-state index in [4.69, 9.17) is 33.7 Å². The Morgan fingerprint density at radius 1 is 1.11 bits per heavy atom. The third-order valence-electron chi connectivity index (χ3n) is 2.31. The lowest BCUT2D eigenvalue weighted by atomic mass is 10.2. The van der Waals surface area contributed by atoms with E-state index in [-0.39, 0.29) is 12.4 Å². The Bertz CT molecular complexity index is 555. The maximum atomic E-state index is 13.0. The molecule has 6 heteroatoms. The number of benzene rings is 2. The van der Waals surface area contributed by atoms with Gasteiger partial charge in [-0.2, -0.15) is 0 Å². The summed E-state index contributed by atoms with van der Waals surface area (Å²) in [6.45, 7) is 0.333. The van der Waals surface area contributed by atoms with E-state index in [1.54, 1.807) is 24.3 Å². The highest BCUT2D eigenvalue weighted by Gasteiger charge is 2.10. The molecule has 0 aliphatic carbocycles. The third-order valence-corrected chi connectivity index (χ3v) is 2.87. The van der Waals surface area contributed by atoms with Crippen molar-refractivity contribution in [3.05, 3.63) is 57.8 Å². The highest BCUT2D eigenvalue weighted by molar-refractivity contribution is 6.37. The summed E-state index contributed by atoms with van der Waals surface area (Å²) < 4.78 is 18.5. The lowest BCUT2D eigenvalue weighted by Gasteiger charge is -2.11. The van der Waals surface area contributed by atoms with Crippen molar-refractivity contribution in [2.45, 2.75) is 6.54 Å². The Balaban J connectivity index is 0.00000180. The second kappa shape index (κ2) is 6.96. The Kier molecular flexibility index (Phi) is 5.88. The van der Waals surface area contributed by atoms with Crippen molar-refractivity contribution in [3.63, 3.8) is 0 Å². The van der Waals surface area contributed by atoms with Crippen LogP contribution in [0, 0.1) is 5.82 Å².